The molecule has 0 saturated carbocycles. The number of hydrogen-bond donors (Lipinski definition) is 1. The summed E-state index contributed by atoms with van der Waals surface area (Å²) in [5.41, 5.74) is 0.895. The summed E-state index contributed by atoms with van der Waals surface area (Å²) in [6.07, 6.45) is 6.98. The zero-order valence-corrected chi connectivity index (χ0v) is 15.1. The first-order valence-corrected chi connectivity index (χ1v) is 9.71. The Kier molecular flexibility index (Phi) is 4.95. The van der Waals surface area contributed by atoms with Crippen molar-refractivity contribution in [1.29, 1.82) is 0 Å². The van der Waals surface area contributed by atoms with Crippen LogP contribution in [0.15, 0.2) is 24.3 Å². The maximum Gasteiger partial charge on any atom is 0.244 e. The van der Waals surface area contributed by atoms with E-state index in [0.29, 0.717) is 6.04 Å². The molecule has 1 amide bonds. The van der Waals surface area contributed by atoms with Gasteiger partial charge in [0.05, 0.1) is 18.8 Å². The summed E-state index contributed by atoms with van der Waals surface area (Å²) >= 11 is 0. The average Bonchev–Trinajstić information content (AvgIpc) is 3.11. The minimum absolute atomic E-state index is 0.0587. The molecule has 3 heterocycles. The Hall–Kier alpha value is -1.59. The molecule has 0 radical (unpaired) electrons. The van der Waals surface area contributed by atoms with Crippen LogP contribution in [0.5, 0.6) is 5.75 Å². The molecule has 1 aromatic rings. The van der Waals surface area contributed by atoms with Gasteiger partial charge >= 0.3 is 0 Å². The van der Waals surface area contributed by atoms with Gasteiger partial charge in [0.25, 0.3) is 0 Å². The molecule has 5 heteroatoms. The van der Waals surface area contributed by atoms with Crippen molar-refractivity contribution >= 4 is 11.6 Å². The molecule has 136 valence electrons. The van der Waals surface area contributed by atoms with Crippen LogP contribution < -0.4 is 15.0 Å². The third-order valence-corrected chi connectivity index (χ3v) is 6.07. The molecular weight excluding hydrogens is 314 g/mol. The van der Waals surface area contributed by atoms with Crippen molar-refractivity contribution in [2.24, 2.45) is 0 Å². The van der Waals surface area contributed by atoms with Gasteiger partial charge in [0, 0.05) is 18.6 Å². The minimum Gasteiger partial charge on any atom is -0.495 e. The lowest BCUT2D eigenvalue weighted by atomic mass is 9.95. The predicted octanol–water partition coefficient (Wildman–Crippen LogP) is 2.41. The molecule has 1 aromatic carbocycles. The molecule has 1 N–H and O–H groups in total. The van der Waals surface area contributed by atoms with Crippen molar-refractivity contribution in [3.63, 3.8) is 0 Å². The Bertz CT molecular complexity index is 621. The second-order valence-corrected chi connectivity index (χ2v) is 7.58. The van der Waals surface area contributed by atoms with Gasteiger partial charge in [-0.3, -0.25) is 4.79 Å². The van der Waals surface area contributed by atoms with Crippen LogP contribution in [0.4, 0.5) is 5.69 Å². The highest BCUT2D eigenvalue weighted by molar-refractivity contribution is 5.99. The summed E-state index contributed by atoms with van der Waals surface area (Å²) < 4.78 is 5.46. The van der Waals surface area contributed by atoms with E-state index in [1.54, 1.807) is 7.11 Å². The highest BCUT2D eigenvalue weighted by atomic mass is 16.5. The molecule has 3 fully saturated rings. The number of fused-ring (bicyclic) bond motifs is 1. The Morgan fingerprint density at radius 1 is 1.08 bits per heavy atom. The van der Waals surface area contributed by atoms with Gasteiger partial charge in [0.2, 0.25) is 5.91 Å². The van der Waals surface area contributed by atoms with Crippen LogP contribution in [-0.4, -0.2) is 55.7 Å². The highest BCUT2D eigenvalue weighted by Gasteiger charge is 2.36. The number of hydrogen-bond acceptors (Lipinski definition) is 4. The molecule has 0 aliphatic carbocycles. The number of anilines is 1. The van der Waals surface area contributed by atoms with Crippen molar-refractivity contribution in [2.45, 2.75) is 56.7 Å². The van der Waals surface area contributed by atoms with Gasteiger partial charge in [-0.2, -0.15) is 0 Å². The van der Waals surface area contributed by atoms with E-state index in [0.717, 1.165) is 43.3 Å². The number of ether oxygens (including phenoxy) is 1. The highest BCUT2D eigenvalue weighted by Crippen LogP contribution is 2.31. The molecule has 0 unspecified atom stereocenters. The lowest BCUT2D eigenvalue weighted by molar-refractivity contribution is -0.122. The zero-order chi connectivity index (χ0) is 17.2. The van der Waals surface area contributed by atoms with Crippen molar-refractivity contribution in [1.82, 2.24) is 10.2 Å². The lowest BCUT2D eigenvalue weighted by Gasteiger charge is -2.39. The predicted molar refractivity (Wildman–Crippen MR) is 99.1 cm³/mol. The third kappa shape index (κ3) is 3.40. The van der Waals surface area contributed by atoms with Crippen molar-refractivity contribution < 1.29 is 9.53 Å². The average molecular weight is 343 g/mol. The molecular formula is C20H29N3O2. The van der Waals surface area contributed by atoms with E-state index in [2.05, 4.69) is 10.2 Å². The number of rotatable bonds is 4. The van der Waals surface area contributed by atoms with Crippen LogP contribution in [0.3, 0.4) is 0 Å². The van der Waals surface area contributed by atoms with Crippen molar-refractivity contribution in [3.05, 3.63) is 24.3 Å². The quantitative estimate of drug-likeness (QED) is 0.912. The summed E-state index contributed by atoms with van der Waals surface area (Å²) in [6.45, 7) is 3.22. The largest absolute Gasteiger partial charge is 0.495 e. The normalized spacial score (nSPS) is 30.4. The second-order valence-electron chi connectivity index (χ2n) is 7.58. The van der Waals surface area contributed by atoms with E-state index in [-0.39, 0.29) is 11.9 Å². The Morgan fingerprint density at radius 3 is 2.80 bits per heavy atom. The van der Waals surface area contributed by atoms with Gasteiger partial charge in [-0.05, 0) is 63.7 Å². The van der Waals surface area contributed by atoms with E-state index >= 15 is 0 Å². The smallest absolute Gasteiger partial charge is 0.244 e. The van der Waals surface area contributed by atoms with E-state index in [1.165, 1.54) is 32.4 Å². The number of carbonyl (C=O) groups is 1. The number of amides is 1. The minimum atomic E-state index is -0.0587. The number of benzene rings is 1. The summed E-state index contributed by atoms with van der Waals surface area (Å²) in [4.78, 5) is 17.6. The van der Waals surface area contributed by atoms with E-state index in [9.17, 15) is 4.79 Å². The number of para-hydroxylation sites is 2. The van der Waals surface area contributed by atoms with Crippen LogP contribution in [0, 0.1) is 0 Å². The van der Waals surface area contributed by atoms with E-state index in [4.69, 9.17) is 4.74 Å². The summed E-state index contributed by atoms with van der Waals surface area (Å²) in [7, 11) is 1.67. The maximum absolute atomic E-state index is 13.1. The van der Waals surface area contributed by atoms with Crippen LogP contribution in [0.1, 0.15) is 38.5 Å². The molecule has 25 heavy (non-hydrogen) atoms. The number of piperidine rings is 2. The van der Waals surface area contributed by atoms with Gasteiger partial charge < -0.3 is 19.9 Å². The molecule has 3 aliphatic heterocycles. The summed E-state index contributed by atoms with van der Waals surface area (Å²) in [6, 6.07) is 8.98. The Labute approximate surface area is 150 Å². The summed E-state index contributed by atoms with van der Waals surface area (Å²) in [5.74, 6) is 0.973. The van der Waals surface area contributed by atoms with Crippen LogP contribution in [0.2, 0.25) is 0 Å². The monoisotopic (exact) mass is 343 g/mol. The fourth-order valence-electron chi connectivity index (χ4n) is 4.78. The van der Waals surface area contributed by atoms with Gasteiger partial charge in [-0.15, -0.1) is 0 Å². The Balaban J connectivity index is 1.43. The third-order valence-electron chi connectivity index (χ3n) is 6.07. The summed E-state index contributed by atoms with van der Waals surface area (Å²) in [5, 5.41) is 3.70. The molecule has 3 aliphatic rings. The second kappa shape index (κ2) is 7.34. The SMILES string of the molecule is COc1ccccc1N1CCC[C@H](N[C@@H]2CCN3CCC[C@@H]3C2)C1=O. The molecule has 0 aromatic heterocycles. The van der Waals surface area contributed by atoms with Crippen LogP contribution in [-0.2, 0) is 4.79 Å². The topological polar surface area (TPSA) is 44.8 Å². The zero-order valence-electron chi connectivity index (χ0n) is 15.1. The molecule has 3 saturated heterocycles. The first-order chi connectivity index (χ1) is 12.3. The number of carbonyl (C=O) groups excluding carboxylic acids is 1. The molecule has 4 rings (SSSR count). The first-order valence-electron chi connectivity index (χ1n) is 9.71. The lowest BCUT2D eigenvalue weighted by Crippen LogP contribution is -2.56. The van der Waals surface area contributed by atoms with Gasteiger partial charge in [-0.1, -0.05) is 12.1 Å². The van der Waals surface area contributed by atoms with Crippen molar-refractivity contribution in [2.75, 3.05) is 31.6 Å². The van der Waals surface area contributed by atoms with Crippen LogP contribution >= 0.6 is 0 Å². The fraction of sp³-hybridized carbons (Fsp3) is 0.650. The van der Waals surface area contributed by atoms with E-state index < -0.39 is 0 Å². The molecule has 3 atom stereocenters. The molecule has 5 nitrogen and oxygen atoms in total. The molecule has 0 spiro atoms. The van der Waals surface area contributed by atoms with Gasteiger partial charge in [0.1, 0.15) is 5.75 Å². The van der Waals surface area contributed by atoms with Crippen LogP contribution in [0.25, 0.3) is 0 Å². The number of nitrogens with zero attached hydrogens (tertiary/aromatic N) is 2. The van der Waals surface area contributed by atoms with Crippen molar-refractivity contribution in [3.8, 4) is 5.75 Å². The number of methoxy groups -OCH3 is 1. The number of nitrogens with one attached hydrogen (secondary N) is 1. The standard InChI is InChI=1S/C20H29N3O2/c1-25-19-9-3-2-8-18(19)23-12-5-7-17(20(23)24)21-15-10-13-22-11-4-6-16(22)14-15/h2-3,8-9,15-17,21H,4-7,10-14H2,1H3/t15-,16-,17+/m1/s1. The Morgan fingerprint density at radius 2 is 1.92 bits per heavy atom. The maximum atomic E-state index is 13.1. The fourth-order valence-corrected chi connectivity index (χ4v) is 4.78. The van der Waals surface area contributed by atoms with Gasteiger partial charge in [0.15, 0.2) is 0 Å². The van der Waals surface area contributed by atoms with E-state index in [1.807, 2.05) is 29.2 Å². The molecule has 0 bridgehead atoms. The first kappa shape index (κ1) is 16.9. The van der Waals surface area contributed by atoms with Gasteiger partial charge in [-0.25, -0.2) is 0 Å².